The SMILES string of the molecule is O=C(NCCN1CCOCC1)N1CCN(C2CCCCC2)CC1. The van der Waals surface area contributed by atoms with Crippen LogP contribution >= 0.6 is 0 Å². The van der Waals surface area contributed by atoms with Gasteiger partial charge in [-0.15, -0.1) is 0 Å². The Balaban J connectivity index is 1.31. The predicted octanol–water partition coefficient (Wildman–Crippen LogP) is 0.979. The second-order valence-electron chi connectivity index (χ2n) is 7.00. The summed E-state index contributed by atoms with van der Waals surface area (Å²) in [5, 5.41) is 3.08. The van der Waals surface area contributed by atoms with Crippen molar-refractivity contribution in [3.63, 3.8) is 0 Å². The molecule has 0 aromatic carbocycles. The Labute approximate surface area is 140 Å². The molecular weight excluding hydrogens is 292 g/mol. The molecule has 0 aromatic heterocycles. The lowest BCUT2D eigenvalue weighted by molar-refractivity contribution is 0.0383. The molecular formula is C17H32N4O2. The minimum absolute atomic E-state index is 0.113. The van der Waals surface area contributed by atoms with E-state index in [2.05, 4.69) is 15.1 Å². The third-order valence-corrected chi connectivity index (χ3v) is 5.50. The van der Waals surface area contributed by atoms with Crippen LogP contribution in [0.2, 0.25) is 0 Å². The average molecular weight is 324 g/mol. The normalized spacial score (nSPS) is 25.5. The molecule has 1 N–H and O–H groups in total. The number of hydrogen-bond acceptors (Lipinski definition) is 4. The van der Waals surface area contributed by atoms with E-state index in [-0.39, 0.29) is 6.03 Å². The Morgan fingerprint density at radius 1 is 0.957 bits per heavy atom. The Kier molecular flexibility index (Phi) is 6.54. The van der Waals surface area contributed by atoms with Crippen molar-refractivity contribution < 1.29 is 9.53 Å². The quantitative estimate of drug-likeness (QED) is 0.837. The van der Waals surface area contributed by atoms with E-state index < -0.39 is 0 Å². The second-order valence-corrected chi connectivity index (χ2v) is 7.00. The van der Waals surface area contributed by atoms with Crippen LogP contribution in [0.4, 0.5) is 4.79 Å². The van der Waals surface area contributed by atoms with Gasteiger partial charge >= 0.3 is 6.03 Å². The van der Waals surface area contributed by atoms with Crippen molar-refractivity contribution in [3.05, 3.63) is 0 Å². The van der Waals surface area contributed by atoms with E-state index in [9.17, 15) is 4.79 Å². The fraction of sp³-hybridized carbons (Fsp3) is 0.941. The number of carbonyl (C=O) groups is 1. The molecule has 6 nitrogen and oxygen atoms in total. The Bertz CT molecular complexity index is 360. The van der Waals surface area contributed by atoms with E-state index in [4.69, 9.17) is 4.74 Å². The first-order chi connectivity index (χ1) is 11.3. The first kappa shape index (κ1) is 17.0. The van der Waals surface area contributed by atoms with E-state index in [0.717, 1.165) is 71.6 Å². The van der Waals surface area contributed by atoms with E-state index >= 15 is 0 Å². The molecule has 3 rings (SSSR count). The fourth-order valence-electron chi connectivity index (χ4n) is 3.99. The van der Waals surface area contributed by atoms with E-state index in [1.165, 1.54) is 32.1 Å². The van der Waals surface area contributed by atoms with Crippen LogP contribution in [0.15, 0.2) is 0 Å². The molecule has 2 aliphatic heterocycles. The van der Waals surface area contributed by atoms with Crippen LogP contribution in [0.5, 0.6) is 0 Å². The van der Waals surface area contributed by atoms with Gasteiger partial charge in [0.25, 0.3) is 0 Å². The molecule has 0 radical (unpaired) electrons. The number of piperazine rings is 1. The van der Waals surface area contributed by atoms with Gasteiger partial charge in [-0.1, -0.05) is 19.3 Å². The van der Waals surface area contributed by atoms with Crippen LogP contribution in [0, 0.1) is 0 Å². The largest absolute Gasteiger partial charge is 0.379 e. The van der Waals surface area contributed by atoms with Crippen molar-refractivity contribution in [1.29, 1.82) is 0 Å². The number of rotatable bonds is 4. The number of carbonyl (C=O) groups excluding carboxylic acids is 1. The van der Waals surface area contributed by atoms with Crippen LogP contribution < -0.4 is 5.32 Å². The van der Waals surface area contributed by atoms with E-state index in [1.54, 1.807) is 0 Å². The Hall–Kier alpha value is -0.850. The summed E-state index contributed by atoms with van der Waals surface area (Å²) in [5.74, 6) is 0. The third kappa shape index (κ3) is 5.06. The summed E-state index contributed by atoms with van der Waals surface area (Å²) in [6.45, 7) is 9.10. The molecule has 23 heavy (non-hydrogen) atoms. The van der Waals surface area contributed by atoms with Crippen molar-refractivity contribution in [2.24, 2.45) is 0 Å². The number of morpholine rings is 1. The average Bonchev–Trinajstić information content (AvgIpc) is 2.63. The lowest BCUT2D eigenvalue weighted by atomic mass is 9.94. The molecule has 2 saturated heterocycles. The number of nitrogens with zero attached hydrogens (tertiary/aromatic N) is 3. The van der Waals surface area contributed by atoms with E-state index in [0.29, 0.717) is 0 Å². The molecule has 0 spiro atoms. The summed E-state index contributed by atoms with van der Waals surface area (Å²) in [4.78, 5) is 19.2. The zero-order valence-electron chi connectivity index (χ0n) is 14.3. The first-order valence-electron chi connectivity index (χ1n) is 9.40. The molecule has 1 aliphatic carbocycles. The maximum absolute atomic E-state index is 12.3. The summed E-state index contributed by atoms with van der Waals surface area (Å²) in [5.41, 5.74) is 0. The minimum atomic E-state index is 0.113. The highest BCUT2D eigenvalue weighted by Gasteiger charge is 2.26. The maximum atomic E-state index is 12.3. The van der Waals surface area contributed by atoms with Crippen LogP contribution in [-0.4, -0.2) is 92.3 Å². The van der Waals surface area contributed by atoms with Crippen molar-refractivity contribution >= 4 is 6.03 Å². The highest BCUT2D eigenvalue weighted by molar-refractivity contribution is 5.74. The zero-order chi connectivity index (χ0) is 15.9. The summed E-state index contributed by atoms with van der Waals surface area (Å²) >= 11 is 0. The highest BCUT2D eigenvalue weighted by atomic mass is 16.5. The lowest BCUT2D eigenvalue weighted by Gasteiger charge is -2.40. The lowest BCUT2D eigenvalue weighted by Crippen LogP contribution is -2.55. The standard InChI is InChI=1S/C17H32N4O2/c22-17(18-6-7-19-12-14-23-15-13-19)21-10-8-20(9-11-21)16-4-2-1-3-5-16/h16H,1-15H2,(H,18,22). The molecule has 3 aliphatic rings. The van der Waals surface area contributed by atoms with Gasteiger partial charge in [-0.3, -0.25) is 9.80 Å². The van der Waals surface area contributed by atoms with Crippen LogP contribution in [0.1, 0.15) is 32.1 Å². The molecule has 6 heteroatoms. The van der Waals surface area contributed by atoms with Crippen molar-refractivity contribution in [1.82, 2.24) is 20.0 Å². The number of ether oxygens (including phenoxy) is 1. The highest BCUT2D eigenvalue weighted by Crippen LogP contribution is 2.23. The van der Waals surface area contributed by atoms with E-state index in [1.807, 2.05) is 4.90 Å². The Morgan fingerprint density at radius 3 is 2.35 bits per heavy atom. The zero-order valence-corrected chi connectivity index (χ0v) is 14.3. The van der Waals surface area contributed by atoms with Gasteiger partial charge in [-0.2, -0.15) is 0 Å². The second kappa shape index (κ2) is 8.85. The molecule has 0 atom stereocenters. The summed E-state index contributed by atoms with van der Waals surface area (Å²) in [6.07, 6.45) is 6.87. The van der Waals surface area contributed by atoms with Gasteiger partial charge in [0.15, 0.2) is 0 Å². The summed E-state index contributed by atoms with van der Waals surface area (Å²) in [6, 6.07) is 0.886. The number of hydrogen-bond donors (Lipinski definition) is 1. The van der Waals surface area contributed by atoms with Crippen molar-refractivity contribution in [2.75, 3.05) is 65.6 Å². The summed E-state index contributed by atoms with van der Waals surface area (Å²) < 4.78 is 5.34. The monoisotopic (exact) mass is 324 g/mol. The van der Waals surface area contributed by atoms with Crippen molar-refractivity contribution in [3.8, 4) is 0 Å². The van der Waals surface area contributed by atoms with Crippen molar-refractivity contribution in [2.45, 2.75) is 38.1 Å². The number of amides is 2. The molecule has 2 heterocycles. The van der Waals surface area contributed by atoms with Crippen LogP contribution in [-0.2, 0) is 4.74 Å². The first-order valence-corrected chi connectivity index (χ1v) is 9.40. The molecule has 0 unspecified atom stereocenters. The molecule has 132 valence electrons. The van der Waals surface area contributed by atoms with Gasteiger partial charge < -0.3 is 15.0 Å². The Morgan fingerprint density at radius 2 is 1.65 bits per heavy atom. The van der Waals surface area contributed by atoms with Gasteiger partial charge in [0, 0.05) is 58.4 Å². The predicted molar refractivity (Wildman–Crippen MR) is 90.7 cm³/mol. The van der Waals surface area contributed by atoms with Gasteiger partial charge in [0.2, 0.25) is 0 Å². The van der Waals surface area contributed by atoms with Gasteiger partial charge in [0.1, 0.15) is 0 Å². The summed E-state index contributed by atoms with van der Waals surface area (Å²) in [7, 11) is 0. The maximum Gasteiger partial charge on any atom is 0.317 e. The molecule has 2 amide bonds. The molecule has 0 bridgehead atoms. The topological polar surface area (TPSA) is 48.1 Å². The van der Waals surface area contributed by atoms with Gasteiger partial charge in [-0.05, 0) is 12.8 Å². The number of urea groups is 1. The van der Waals surface area contributed by atoms with Crippen LogP contribution in [0.25, 0.3) is 0 Å². The smallest absolute Gasteiger partial charge is 0.317 e. The number of nitrogens with one attached hydrogen (secondary N) is 1. The minimum Gasteiger partial charge on any atom is -0.379 e. The molecule has 1 saturated carbocycles. The molecule has 3 fully saturated rings. The van der Waals surface area contributed by atoms with Gasteiger partial charge in [-0.25, -0.2) is 4.79 Å². The molecule has 0 aromatic rings. The fourth-order valence-corrected chi connectivity index (χ4v) is 3.99. The third-order valence-electron chi connectivity index (χ3n) is 5.50. The van der Waals surface area contributed by atoms with Crippen LogP contribution in [0.3, 0.4) is 0 Å². The van der Waals surface area contributed by atoms with Gasteiger partial charge in [0.05, 0.1) is 13.2 Å².